The Balaban J connectivity index is 1.51. The van der Waals surface area contributed by atoms with E-state index in [1.54, 1.807) is 0 Å². The molecule has 0 radical (unpaired) electrons. The largest absolute Gasteiger partial charge is 0.407 e. The molecule has 0 spiro atoms. The van der Waals surface area contributed by atoms with Crippen LogP contribution in [0.3, 0.4) is 0 Å². The Kier molecular flexibility index (Phi) is 4.63. The molecule has 0 aliphatic rings. The number of nitrogens with one attached hydrogen (secondary N) is 2. The van der Waals surface area contributed by atoms with Crippen LogP contribution in [0.2, 0.25) is 0 Å². The number of urea groups is 1. The number of carbonyl (C=O) groups is 1. The molecule has 0 aliphatic heterocycles. The lowest BCUT2D eigenvalue weighted by Gasteiger charge is -2.04. The predicted octanol–water partition coefficient (Wildman–Crippen LogP) is 2.98. The number of hydrogen-bond acceptors (Lipinski definition) is 4. The summed E-state index contributed by atoms with van der Waals surface area (Å²) in [6.07, 6.45) is 0.529. The lowest BCUT2D eigenvalue weighted by molar-refractivity contribution is 0.251. The molecule has 0 saturated carbocycles. The van der Waals surface area contributed by atoms with Gasteiger partial charge >= 0.3 is 12.0 Å². The summed E-state index contributed by atoms with van der Waals surface area (Å²) in [5.74, 6) is 0.453. The maximum absolute atomic E-state index is 11.8. The lowest BCUT2D eigenvalue weighted by Crippen LogP contribution is -2.28. The average molecular weight is 308 g/mol. The van der Waals surface area contributed by atoms with Gasteiger partial charge in [-0.3, -0.25) is 5.32 Å². The molecule has 116 valence electrons. The fraction of sp³-hybridized carbons (Fsp3) is 0.118. The smallest absolute Gasteiger partial charge is 0.323 e. The summed E-state index contributed by atoms with van der Waals surface area (Å²) in [6.45, 7) is 0.428. The zero-order valence-electron chi connectivity index (χ0n) is 12.4. The minimum atomic E-state index is -0.385. The third-order valence-corrected chi connectivity index (χ3v) is 3.18. The van der Waals surface area contributed by atoms with Crippen LogP contribution in [0, 0.1) is 0 Å². The normalized spacial score (nSPS) is 10.3. The van der Waals surface area contributed by atoms with Crippen LogP contribution in [0.1, 0.15) is 17.0 Å². The summed E-state index contributed by atoms with van der Waals surface area (Å²) >= 11 is 0. The van der Waals surface area contributed by atoms with Crippen LogP contribution in [0.15, 0.2) is 65.1 Å². The van der Waals surface area contributed by atoms with Crippen LogP contribution in [0.4, 0.5) is 10.8 Å². The first kappa shape index (κ1) is 14.8. The second-order valence-corrected chi connectivity index (χ2v) is 4.96. The third-order valence-electron chi connectivity index (χ3n) is 3.18. The third kappa shape index (κ3) is 4.41. The Morgan fingerprint density at radius 1 is 0.913 bits per heavy atom. The molecular formula is C17H16N4O2. The van der Waals surface area contributed by atoms with Crippen LogP contribution < -0.4 is 10.6 Å². The number of amides is 2. The fourth-order valence-electron chi connectivity index (χ4n) is 2.07. The van der Waals surface area contributed by atoms with Crippen molar-refractivity contribution in [1.29, 1.82) is 0 Å². The van der Waals surface area contributed by atoms with Gasteiger partial charge in [0.1, 0.15) is 0 Å². The molecule has 0 bridgehead atoms. The Hall–Kier alpha value is -3.15. The van der Waals surface area contributed by atoms with Crippen molar-refractivity contribution in [2.45, 2.75) is 13.0 Å². The minimum absolute atomic E-state index is 0.0847. The van der Waals surface area contributed by atoms with E-state index in [-0.39, 0.29) is 12.0 Å². The SMILES string of the molecule is O=C(NCc1ccccc1)Nc1nnc(Cc2ccccc2)o1. The number of carbonyl (C=O) groups excluding carboxylic acids is 1. The lowest BCUT2D eigenvalue weighted by atomic mass is 10.2. The highest BCUT2D eigenvalue weighted by atomic mass is 16.4. The van der Waals surface area contributed by atoms with Crippen molar-refractivity contribution in [3.8, 4) is 0 Å². The molecule has 0 saturated heterocycles. The monoisotopic (exact) mass is 308 g/mol. The van der Waals surface area contributed by atoms with Crippen LogP contribution in [0.5, 0.6) is 0 Å². The van der Waals surface area contributed by atoms with E-state index in [9.17, 15) is 4.79 Å². The van der Waals surface area contributed by atoms with E-state index in [1.807, 2.05) is 60.7 Å². The summed E-state index contributed by atoms with van der Waals surface area (Å²) in [6, 6.07) is 19.1. The molecule has 6 nitrogen and oxygen atoms in total. The van der Waals surface area contributed by atoms with E-state index < -0.39 is 0 Å². The van der Waals surface area contributed by atoms with E-state index in [0.29, 0.717) is 18.9 Å². The highest BCUT2D eigenvalue weighted by Crippen LogP contribution is 2.10. The summed E-state index contributed by atoms with van der Waals surface area (Å²) in [4.78, 5) is 11.8. The number of anilines is 1. The number of hydrogen-bond donors (Lipinski definition) is 2. The maximum atomic E-state index is 11.8. The molecule has 1 heterocycles. The highest BCUT2D eigenvalue weighted by molar-refractivity contribution is 5.86. The van der Waals surface area contributed by atoms with Crippen molar-refractivity contribution in [3.63, 3.8) is 0 Å². The second kappa shape index (κ2) is 7.22. The van der Waals surface area contributed by atoms with Gasteiger partial charge in [0, 0.05) is 6.54 Å². The second-order valence-electron chi connectivity index (χ2n) is 4.96. The topological polar surface area (TPSA) is 80.0 Å². The molecule has 0 atom stereocenters. The first-order chi connectivity index (χ1) is 11.3. The number of rotatable bonds is 5. The van der Waals surface area contributed by atoms with Gasteiger partial charge in [-0.1, -0.05) is 65.8 Å². The van der Waals surface area contributed by atoms with Crippen LogP contribution in [-0.2, 0) is 13.0 Å². The zero-order valence-corrected chi connectivity index (χ0v) is 12.4. The van der Waals surface area contributed by atoms with Gasteiger partial charge in [-0.05, 0) is 11.1 Å². The molecule has 2 N–H and O–H groups in total. The molecule has 0 unspecified atom stereocenters. The molecule has 23 heavy (non-hydrogen) atoms. The average Bonchev–Trinajstić information content (AvgIpc) is 3.02. The van der Waals surface area contributed by atoms with Gasteiger partial charge in [0.2, 0.25) is 5.89 Å². The van der Waals surface area contributed by atoms with Crippen molar-refractivity contribution in [2.24, 2.45) is 0 Å². The van der Waals surface area contributed by atoms with Crippen LogP contribution in [-0.4, -0.2) is 16.2 Å². The Morgan fingerprint density at radius 2 is 1.57 bits per heavy atom. The van der Waals surface area contributed by atoms with Crippen LogP contribution >= 0.6 is 0 Å². The van der Waals surface area contributed by atoms with Crippen molar-refractivity contribution in [2.75, 3.05) is 5.32 Å². The van der Waals surface area contributed by atoms with E-state index >= 15 is 0 Å². The predicted molar refractivity (Wildman–Crippen MR) is 85.8 cm³/mol. The molecular weight excluding hydrogens is 292 g/mol. The van der Waals surface area contributed by atoms with Gasteiger partial charge in [0.05, 0.1) is 6.42 Å². The number of nitrogens with zero attached hydrogens (tertiary/aromatic N) is 2. The van der Waals surface area contributed by atoms with E-state index in [1.165, 1.54) is 0 Å². The fourth-order valence-corrected chi connectivity index (χ4v) is 2.07. The van der Waals surface area contributed by atoms with Gasteiger partial charge in [0.15, 0.2) is 0 Å². The first-order valence-corrected chi connectivity index (χ1v) is 7.25. The minimum Gasteiger partial charge on any atom is -0.407 e. The van der Waals surface area contributed by atoms with Gasteiger partial charge in [0.25, 0.3) is 0 Å². The molecule has 2 aromatic carbocycles. The molecule has 2 amide bonds. The molecule has 0 aliphatic carbocycles. The standard InChI is InChI=1S/C17H16N4O2/c22-16(18-12-14-9-5-2-6-10-14)19-17-21-20-15(23-17)11-13-7-3-1-4-8-13/h1-10H,11-12H2,(H2,18,19,21,22). The summed E-state index contributed by atoms with van der Waals surface area (Å²) in [7, 11) is 0. The Labute approximate surface area is 133 Å². The summed E-state index contributed by atoms with van der Waals surface area (Å²) in [5, 5.41) is 13.0. The van der Waals surface area contributed by atoms with Crippen molar-refractivity contribution >= 4 is 12.0 Å². The van der Waals surface area contributed by atoms with E-state index in [0.717, 1.165) is 11.1 Å². The molecule has 3 rings (SSSR count). The summed E-state index contributed by atoms with van der Waals surface area (Å²) < 4.78 is 5.42. The maximum Gasteiger partial charge on any atom is 0.323 e. The van der Waals surface area contributed by atoms with Crippen molar-refractivity contribution in [1.82, 2.24) is 15.5 Å². The van der Waals surface area contributed by atoms with Crippen molar-refractivity contribution < 1.29 is 9.21 Å². The van der Waals surface area contributed by atoms with Gasteiger partial charge < -0.3 is 9.73 Å². The Morgan fingerprint density at radius 3 is 2.26 bits per heavy atom. The van der Waals surface area contributed by atoms with E-state index in [4.69, 9.17) is 4.42 Å². The molecule has 1 aromatic heterocycles. The quantitative estimate of drug-likeness (QED) is 0.759. The zero-order chi connectivity index (χ0) is 15.9. The van der Waals surface area contributed by atoms with Gasteiger partial charge in [-0.2, -0.15) is 0 Å². The first-order valence-electron chi connectivity index (χ1n) is 7.25. The Bertz CT molecular complexity index is 757. The van der Waals surface area contributed by atoms with E-state index in [2.05, 4.69) is 20.8 Å². The summed E-state index contributed by atoms with van der Waals surface area (Å²) in [5.41, 5.74) is 2.08. The molecule has 3 aromatic rings. The van der Waals surface area contributed by atoms with Crippen molar-refractivity contribution in [3.05, 3.63) is 77.7 Å². The number of aromatic nitrogens is 2. The highest BCUT2D eigenvalue weighted by Gasteiger charge is 2.09. The van der Waals surface area contributed by atoms with Gasteiger partial charge in [-0.25, -0.2) is 4.79 Å². The molecule has 0 fully saturated rings. The van der Waals surface area contributed by atoms with Gasteiger partial charge in [-0.15, -0.1) is 5.10 Å². The molecule has 6 heteroatoms. The number of benzene rings is 2. The van der Waals surface area contributed by atoms with Crippen LogP contribution in [0.25, 0.3) is 0 Å².